The van der Waals surface area contributed by atoms with Crippen molar-refractivity contribution in [3.05, 3.63) is 0 Å². The van der Waals surface area contributed by atoms with Crippen LogP contribution in [0.2, 0.25) is 0 Å². The van der Waals surface area contributed by atoms with E-state index in [2.05, 4.69) is 0 Å². The Labute approximate surface area is 88.3 Å². The van der Waals surface area contributed by atoms with Crippen molar-refractivity contribution in [2.24, 2.45) is 17.4 Å². The number of rotatable bonds is 8. The van der Waals surface area contributed by atoms with Crippen molar-refractivity contribution in [2.45, 2.75) is 31.7 Å². The summed E-state index contributed by atoms with van der Waals surface area (Å²) in [5.41, 5.74) is 11.0. The summed E-state index contributed by atoms with van der Waals surface area (Å²) in [4.78, 5) is 20.9. The second-order valence-electron chi connectivity index (χ2n) is 3.53. The first kappa shape index (κ1) is 13.9. The smallest absolute Gasteiger partial charge is 0.303 e. The van der Waals surface area contributed by atoms with Crippen LogP contribution in [0.15, 0.2) is 0 Å². The predicted molar refractivity (Wildman–Crippen MR) is 54.3 cm³/mol. The highest BCUT2D eigenvalue weighted by Crippen LogP contribution is 2.16. The van der Waals surface area contributed by atoms with E-state index in [1.807, 2.05) is 0 Å². The summed E-state index contributed by atoms with van der Waals surface area (Å²) in [6, 6.07) is -0.342. The molecule has 0 bridgehead atoms. The number of hydrogen-bond donors (Lipinski definition) is 4. The van der Waals surface area contributed by atoms with Crippen LogP contribution in [0.3, 0.4) is 0 Å². The molecule has 0 saturated carbocycles. The predicted octanol–water partition coefficient (Wildman–Crippen LogP) is -0.382. The third-order valence-electron chi connectivity index (χ3n) is 2.27. The van der Waals surface area contributed by atoms with Crippen LogP contribution < -0.4 is 11.5 Å². The SMILES string of the molecule is NCCC(N)C(CCC(=O)O)CC(=O)O. The highest BCUT2D eigenvalue weighted by atomic mass is 16.4. The number of hydrogen-bond acceptors (Lipinski definition) is 4. The lowest BCUT2D eigenvalue weighted by molar-refractivity contribution is -0.140. The third kappa shape index (κ3) is 6.87. The van der Waals surface area contributed by atoms with Crippen molar-refractivity contribution < 1.29 is 19.8 Å². The molecule has 6 nitrogen and oxygen atoms in total. The average molecular weight is 218 g/mol. The van der Waals surface area contributed by atoms with Crippen LogP contribution in [0.1, 0.15) is 25.7 Å². The molecule has 6 heteroatoms. The molecule has 0 aliphatic rings. The summed E-state index contributed by atoms with van der Waals surface area (Å²) in [6.45, 7) is 0.379. The van der Waals surface area contributed by atoms with Crippen LogP contribution in [0.25, 0.3) is 0 Å². The zero-order valence-electron chi connectivity index (χ0n) is 8.56. The average Bonchev–Trinajstić information content (AvgIpc) is 2.11. The molecule has 0 aliphatic heterocycles. The largest absolute Gasteiger partial charge is 0.481 e. The first-order valence-corrected chi connectivity index (χ1v) is 4.86. The molecule has 2 unspecified atom stereocenters. The molecule has 0 aromatic rings. The van der Waals surface area contributed by atoms with Crippen molar-refractivity contribution in [1.29, 1.82) is 0 Å². The standard InChI is InChI=1S/C9H18N2O4/c10-4-3-7(11)6(5-9(14)15)1-2-8(12)13/h6-7H,1-5,10-11H2,(H,12,13)(H,14,15). The van der Waals surface area contributed by atoms with Gasteiger partial charge in [-0.1, -0.05) is 0 Å². The summed E-state index contributed by atoms with van der Waals surface area (Å²) in [6.07, 6.45) is 0.630. The molecule has 0 aromatic heterocycles. The lowest BCUT2D eigenvalue weighted by Crippen LogP contribution is -2.34. The van der Waals surface area contributed by atoms with Gasteiger partial charge in [0, 0.05) is 18.9 Å². The fraction of sp³-hybridized carbons (Fsp3) is 0.778. The third-order valence-corrected chi connectivity index (χ3v) is 2.27. The number of carbonyl (C=O) groups is 2. The van der Waals surface area contributed by atoms with Crippen molar-refractivity contribution >= 4 is 11.9 Å². The van der Waals surface area contributed by atoms with E-state index < -0.39 is 11.9 Å². The number of aliphatic carboxylic acids is 2. The van der Waals surface area contributed by atoms with Crippen molar-refractivity contribution in [2.75, 3.05) is 6.54 Å². The molecule has 0 heterocycles. The minimum atomic E-state index is -0.960. The highest BCUT2D eigenvalue weighted by Gasteiger charge is 2.21. The molecule has 0 rings (SSSR count). The van der Waals surface area contributed by atoms with Gasteiger partial charge < -0.3 is 21.7 Å². The lowest BCUT2D eigenvalue weighted by Gasteiger charge is -2.21. The van der Waals surface area contributed by atoms with Gasteiger partial charge in [-0.25, -0.2) is 0 Å². The van der Waals surface area contributed by atoms with Gasteiger partial charge in [0.15, 0.2) is 0 Å². The lowest BCUT2D eigenvalue weighted by atomic mass is 9.90. The number of carboxylic acids is 2. The second kappa shape index (κ2) is 7.19. The molecule has 0 aromatic carbocycles. The zero-order chi connectivity index (χ0) is 11.8. The van der Waals surface area contributed by atoms with Gasteiger partial charge in [-0.15, -0.1) is 0 Å². The first-order chi connectivity index (χ1) is 6.97. The maximum Gasteiger partial charge on any atom is 0.303 e. The maximum atomic E-state index is 10.5. The van der Waals surface area contributed by atoms with Crippen molar-refractivity contribution in [1.82, 2.24) is 0 Å². The Hall–Kier alpha value is -1.14. The van der Waals surface area contributed by atoms with E-state index >= 15 is 0 Å². The molecule has 15 heavy (non-hydrogen) atoms. The Bertz CT molecular complexity index is 220. The topological polar surface area (TPSA) is 127 Å². The Morgan fingerprint density at radius 1 is 1.13 bits per heavy atom. The molecule has 0 aliphatic carbocycles. The minimum absolute atomic E-state index is 0.0593. The fourth-order valence-corrected chi connectivity index (χ4v) is 1.43. The summed E-state index contributed by atoms with van der Waals surface area (Å²) >= 11 is 0. The molecule has 0 radical (unpaired) electrons. The summed E-state index contributed by atoms with van der Waals surface area (Å²) in [5, 5.41) is 17.1. The summed E-state index contributed by atoms with van der Waals surface area (Å²) in [5.74, 6) is -2.22. The van der Waals surface area contributed by atoms with Crippen LogP contribution in [0, 0.1) is 5.92 Å². The highest BCUT2D eigenvalue weighted by molar-refractivity contribution is 5.68. The normalized spacial score (nSPS) is 14.5. The molecule has 2 atom stereocenters. The molecular formula is C9H18N2O4. The fourth-order valence-electron chi connectivity index (χ4n) is 1.43. The summed E-state index contributed by atoms with van der Waals surface area (Å²) < 4.78 is 0. The van der Waals surface area contributed by atoms with Crippen molar-refractivity contribution in [3.63, 3.8) is 0 Å². The molecule has 88 valence electrons. The molecule has 0 saturated heterocycles. The molecule has 0 fully saturated rings. The van der Waals surface area contributed by atoms with E-state index in [0.717, 1.165) is 0 Å². The van der Waals surface area contributed by atoms with E-state index in [9.17, 15) is 9.59 Å². The van der Waals surface area contributed by atoms with Gasteiger partial charge in [0.2, 0.25) is 0 Å². The minimum Gasteiger partial charge on any atom is -0.481 e. The Kier molecular flexibility index (Phi) is 6.64. The van der Waals surface area contributed by atoms with Crippen molar-refractivity contribution in [3.8, 4) is 0 Å². The van der Waals surface area contributed by atoms with Crippen LogP contribution in [-0.4, -0.2) is 34.7 Å². The second-order valence-corrected chi connectivity index (χ2v) is 3.53. The Morgan fingerprint density at radius 3 is 2.13 bits per heavy atom. The first-order valence-electron chi connectivity index (χ1n) is 4.86. The monoisotopic (exact) mass is 218 g/mol. The molecule has 6 N–H and O–H groups in total. The molecular weight excluding hydrogens is 200 g/mol. The van der Waals surface area contributed by atoms with Gasteiger partial charge in [0.05, 0.1) is 0 Å². The van der Waals surface area contributed by atoms with E-state index in [-0.39, 0.29) is 31.2 Å². The van der Waals surface area contributed by atoms with Gasteiger partial charge in [-0.3, -0.25) is 9.59 Å². The van der Waals surface area contributed by atoms with Crippen LogP contribution in [-0.2, 0) is 9.59 Å². The number of nitrogens with two attached hydrogens (primary N) is 2. The van der Waals surface area contributed by atoms with Gasteiger partial charge in [0.25, 0.3) is 0 Å². The summed E-state index contributed by atoms with van der Waals surface area (Å²) in [7, 11) is 0. The van der Waals surface area contributed by atoms with Gasteiger partial charge in [-0.05, 0) is 25.3 Å². The van der Waals surface area contributed by atoms with E-state index in [1.165, 1.54) is 0 Å². The van der Waals surface area contributed by atoms with Gasteiger partial charge in [0.1, 0.15) is 0 Å². The van der Waals surface area contributed by atoms with E-state index in [1.54, 1.807) is 0 Å². The van der Waals surface area contributed by atoms with Crippen LogP contribution in [0.5, 0.6) is 0 Å². The van der Waals surface area contributed by atoms with Gasteiger partial charge >= 0.3 is 11.9 Å². The van der Waals surface area contributed by atoms with Gasteiger partial charge in [-0.2, -0.15) is 0 Å². The zero-order valence-corrected chi connectivity index (χ0v) is 8.56. The number of carboxylic acid groups (broad SMARTS) is 2. The quantitative estimate of drug-likeness (QED) is 0.439. The Balaban J connectivity index is 4.16. The Morgan fingerprint density at radius 2 is 1.73 bits per heavy atom. The van der Waals surface area contributed by atoms with E-state index in [4.69, 9.17) is 21.7 Å². The van der Waals surface area contributed by atoms with Crippen LogP contribution in [0.4, 0.5) is 0 Å². The van der Waals surface area contributed by atoms with E-state index in [0.29, 0.717) is 13.0 Å². The molecule has 0 spiro atoms. The van der Waals surface area contributed by atoms with Crippen LogP contribution >= 0.6 is 0 Å². The maximum absolute atomic E-state index is 10.5. The molecule has 0 amide bonds.